The molecule has 0 aliphatic heterocycles. The van der Waals surface area contributed by atoms with E-state index in [1.807, 2.05) is 30.3 Å². The molecule has 0 fully saturated rings. The number of nitriles is 1. The molecule has 0 spiro atoms. The van der Waals surface area contributed by atoms with Crippen LogP contribution in [0.4, 0.5) is 0 Å². The lowest BCUT2D eigenvalue weighted by Crippen LogP contribution is -2.39. The van der Waals surface area contributed by atoms with E-state index in [0.29, 0.717) is 0 Å². The maximum atomic E-state index is 8.79. The second-order valence-electron chi connectivity index (χ2n) is 3.75. The van der Waals surface area contributed by atoms with Crippen LogP contribution in [0.3, 0.4) is 0 Å². The van der Waals surface area contributed by atoms with Crippen LogP contribution in [0.5, 0.6) is 0 Å². The highest BCUT2D eigenvalue weighted by molar-refractivity contribution is 5.72. The fraction of sp³-hybridized carbons (Fsp3) is 0.300. The summed E-state index contributed by atoms with van der Waals surface area (Å²) in [6, 6.07) is 9.55. The lowest BCUT2D eigenvalue weighted by molar-refractivity contribution is 0.423. The molecule has 0 aliphatic rings. The summed E-state index contributed by atoms with van der Waals surface area (Å²) in [6.45, 7) is 1.94. The van der Waals surface area contributed by atoms with E-state index in [2.05, 4.69) is 10.2 Å². The molecule has 0 radical (unpaired) electrons. The molecule has 5 heteroatoms. The van der Waals surface area contributed by atoms with Gasteiger partial charge in [0.2, 0.25) is 0 Å². The van der Waals surface area contributed by atoms with Crippen molar-refractivity contribution in [1.82, 2.24) is 15.0 Å². The zero-order valence-electron chi connectivity index (χ0n) is 8.38. The number of nitrogens with zero attached hydrogens (tertiary/aromatic N) is 4. The summed E-state index contributed by atoms with van der Waals surface area (Å²) in [7, 11) is 0. The predicted octanol–water partition coefficient (Wildman–Crippen LogP) is 0.672. The summed E-state index contributed by atoms with van der Waals surface area (Å²) < 4.78 is 0. The van der Waals surface area contributed by atoms with Gasteiger partial charge in [0.05, 0.1) is 12.6 Å². The van der Waals surface area contributed by atoms with Crippen molar-refractivity contribution in [1.29, 1.82) is 5.26 Å². The summed E-state index contributed by atoms with van der Waals surface area (Å²) >= 11 is 0. The molecular weight excluding hydrogens is 190 g/mol. The smallest absolute Gasteiger partial charge is 0.122 e. The maximum Gasteiger partial charge on any atom is 0.122 e. The van der Waals surface area contributed by atoms with Gasteiger partial charge >= 0.3 is 0 Å². The normalized spacial score (nSPS) is 14.7. The van der Waals surface area contributed by atoms with E-state index in [1.165, 1.54) is 4.80 Å². The molecule has 0 unspecified atom stereocenters. The molecule has 15 heavy (non-hydrogen) atoms. The maximum absolute atomic E-state index is 8.79. The fourth-order valence-corrected chi connectivity index (χ4v) is 1.30. The van der Waals surface area contributed by atoms with Gasteiger partial charge in [0.1, 0.15) is 16.6 Å². The second kappa shape index (κ2) is 3.33. The van der Waals surface area contributed by atoms with E-state index in [-0.39, 0.29) is 6.54 Å². The monoisotopic (exact) mass is 201 g/mol. The lowest BCUT2D eigenvalue weighted by Gasteiger charge is -2.13. The molecule has 5 nitrogen and oxygen atoms in total. The van der Waals surface area contributed by atoms with Gasteiger partial charge in [-0.2, -0.15) is 20.3 Å². The van der Waals surface area contributed by atoms with E-state index in [9.17, 15) is 0 Å². The minimum Gasteiger partial charge on any atom is -0.312 e. The number of rotatable bonds is 2. The molecule has 1 atom stereocenters. The first-order valence-corrected chi connectivity index (χ1v) is 4.61. The molecule has 0 aliphatic carbocycles. The van der Waals surface area contributed by atoms with Crippen molar-refractivity contribution in [3.8, 4) is 6.07 Å². The number of hydrogen-bond donors (Lipinski definition) is 1. The third-order valence-corrected chi connectivity index (χ3v) is 2.05. The molecule has 1 aromatic carbocycles. The third kappa shape index (κ3) is 1.95. The van der Waals surface area contributed by atoms with Crippen LogP contribution in [0, 0.1) is 11.3 Å². The topological polar surface area (TPSA) is 80.5 Å². The van der Waals surface area contributed by atoms with Crippen LogP contribution in [0.25, 0.3) is 11.0 Å². The minimum atomic E-state index is -0.935. The van der Waals surface area contributed by atoms with Crippen LogP contribution in [0.2, 0.25) is 0 Å². The van der Waals surface area contributed by atoms with Crippen LogP contribution >= 0.6 is 0 Å². The van der Waals surface area contributed by atoms with Crippen molar-refractivity contribution < 1.29 is 0 Å². The van der Waals surface area contributed by atoms with Crippen LogP contribution < -0.4 is 5.73 Å². The molecule has 2 aromatic rings. The van der Waals surface area contributed by atoms with Crippen LogP contribution in [0.15, 0.2) is 24.3 Å². The summed E-state index contributed by atoms with van der Waals surface area (Å²) in [6.07, 6.45) is 0. The Hall–Kier alpha value is -1.93. The quantitative estimate of drug-likeness (QED) is 0.774. The molecule has 2 N–H and O–H groups in total. The van der Waals surface area contributed by atoms with Gasteiger partial charge in [-0.3, -0.25) is 0 Å². The first-order valence-electron chi connectivity index (χ1n) is 4.61. The number of benzene rings is 1. The van der Waals surface area contributed by atoms with Gasteiger partial charge < -0.3 is 5.73 Å². The van der Waals surface area contributed by atoms with Crippen molar-refractivity contribution in [2.75, 3.05) is 0 Å². The number of hydrogen-bond acceptors (Lipinski definition) is 4. The lowest BCUT2D eigenvalue weighted by atomic mass is 10.1. The largest absolute Gasteiger partial charge is 0.312 e. The van der Waals surface area contributed by atoms with Gasteiger partial charge in [0.15, 0.2) is 0 Å². The van der Waals surface area contributed by atoms with Crippen LogP contribution in [-0.2, 0) is 6.54 Å². The Morgan fingerprint density at radius 2 is 1.93 bits per heavy atom. The first kappa shape index (κ1) is 9.62. The molecule has 0 amide bonds. The zero-order chi connectivity index (χ0) is 10.9. The summed E-state index contributed by atoms with van der Waals surface area (Å²) in [5, 5.41) is 17.2. The first-order chi connectivity index (χ1) is 7.11. The SMILES string of the molecule is C[C@](N)(C#N)Cn1nc2ccccc2n1. The van der Waals surface area contributed by atoms with E-state index >= 15 is 0 Å². The number of nitrogens with two attached hydrogens (primary N) is 1. The highest BCUT2D eigenvalue weighted by Crippen LogP contribution is 2.08. The third-order valence-electron chi connectivity index (χ3n) is 2.05. The number of fused-ring (bicyclic) bond motifs is 1. The van der Waals surface area contributed by atoms with E-state index < -0.39 is 5.54 Å². The Morgan fingerprint density at radius 3 is 2.40 bits per heavy atom. The molecule has 0 saturated heterocycles. The molecule has 2 rings (SSSR count). The minimum absolute atomic E-state index is 0.290. The summed E-state index contributed by atoms with van der Waals surface area (Å²) in [5.74, 6) is 0. The van der Waals surface area contributed by atoms with Gasteiger partial charge in [-0.15, -0.1) is 0 Å². The predicted molar refractivity (Wildman–Crippen MR) is 55.7 cm³/mol. The average Bonchev–Trinajstić information content (AvgIpc) is 2.58. The van der Waals surface area contributed by atoms with E-state index in [4.69, 9.17) is 11.0 Å². The Labute approximate surface area is 87.1 Å². The molecule has 1 aromatic heterocycles. The summed E-state index contributed by atoms with van der Waals surface area (Å²) in [5.41, 5.74) is 6.40. The van der Waals surface area contributed by atoms with Gasteiger partial charge in [0, 0.05) is 0 Å². The van der Waals surface area contributed by atoms with E-state index in [0.717, 1.165) is 11.0 Å². The summed E-state index contributed by atoms with van der Waals surface area (Å²) in [4.78, 5) is 1.47. The van der Waals surface area contributed by atoms with Gasteiger partial charge in [-0.05, 0) is 19.1 Å². The van der Waals surface area contributed by atoms with Crippen LogP contribution in [-0.4, -0.2) is 20.5 Å². The van der Waals surface area contributed by atoms with Crippen LogP contribution in [0.1, 0.15) is 6.92 Å². The average molecular weight is 201 g/mol. The van der Waals surface area contributed by atoms with E-state index in [1.54, 1.807) is 6.92 Å². The Kier molecular flexibility index (Phi) is 2.14. The number of aromatic nitrogens is 3. The van der Waals surface area contributed by atoms with Crippen molar-refractivity contribution in [3.63, 3.8) is 0 Å². The van der Waals surface area contributed by atoms with Crippen molar-refractivity contribution in [2.24, 2.45) is 5.73 Å². The van der Waals surface area contributed by atoms with Crippen molar-refractivity contribution >= 4 is 11.0 Å². The molecule has 76 valence electrons. The standard InChI is InChI=1S/C10H11N5/c1-10(12,6-11)7-15-13-8-4-2-3-5-9(8)14-15/h2-5H,7,12H2,1H3/t10-/m0/s1. The van der Waals surface area contributed by atoms with Gasteiger partial charge in [-0.1, -0.05) is 12.1 Å². The second-order valence-corrected chi connectivity index (χ2v) is 3.75. The Bertz CT molecular complexity index is 487. The van der Waals surface area contributed by atoms with Gasteiger partial charge in [0.25, 0.3) is 0 Å². The molecular formula is C10H11N5. The van der Waals surface area contributed by atoms with Gasteiger partial charge in [-0.25, -0.2) is 0 Å². The highest BCUT2D eigenvalue weighted by atomic mass is 15.5. The molecule has 1 heterocycles. The fourth-order valence-electron chi connectivity index (χ4n) is 1.30. The Balaban J connectivity index is 2.35. The van der Waals surface area contributed by atoms with Crippen molar-refractivity contribution in [3.05, 3.63) is 24.3 Å². The highest BCUT2D eigenvalue weighted by Gasteiger charge is 2.19. The van der Waals surface area contributed by atoms with Crippen molar-refractivity contribution in [2.45, 2.75) is 19.0 Å². The Morgan fingerprint density at radius 1 is 1.40 bits per heavy atom. The molecule has 0 saturated carbocycles. The molecule has 0 bridgehead atoms. The zero-order valence-corrected chi connectivity index (χ0v) is 8.38.